The number of carbonyl (C=O) groups excluding carboxylic acids is 1. The molecular formula is C27H25N3OS2. The zero-order chi connectivity index (χ0) is 22.8. The van der Waals surface area contributed by atoms with E-state index in [0.717, 1.165) is 33.1 Å². The van der Waals surface area contributed by atoms with Gasteiger partial charge in [-0.15, -0.1) is 23.5 Å². The molecule has 2 heterocycles. The first-order chi connectivity index (χ1) is 16.2. The molecule has 0 bridgehead atoms. The fraction of sp³-hybridized carbons (Fsp3) is 0.148. The Morgan fingerprint density at radius 2 is 1.67 bits per heavy atom. The van der Waals surface area contributed by atoms with Crippen LogP contribution in [0.15, 0.2) is 101 Å². The second-order valence-corrected chi connectivity index (χ2v) is 9.66. The molecule has 1 atom stereocenters. The van der Waals surface area contributed by atoms with Crippen molar-refractivity contribution in [3.8, 4) is 5.69 Å². The number of benzene rings is 3. The molecular weight excluding hydrogens is 446 g/mol. The van der Waals surface area contributed by atoms with Gasteiger partial charge in [0.15, 0.2) is 0 Å². The summed E-state index contributed by atoms with van der Waals surface area (Å²) in [5, 5.41) is 3.15. The first-order valence-electron chi connectivity index (χ1n) is 10.8. The van der Waals surface area contributed by atoms with Gasteiger partial charge in [0.05, 0.1) is 18.3 Å². The summed E-state index contributed by atoms with van der Waals surface area (Å²) in [5.74, 6) is 0. The molecule has 1 aromatic heterocycles. The van der Waals surface area contributed by atoms with Gasteiger partial charge >= 0.3 is 6.03 Å². The number of aromatic nitrogens is 1. The number of para-hydroxylation sites is 1. The summed E-state index contributed by atoms with van der Waals surface area (Å²) in [5.41, 5.74) is 5.20. The second kappa shape index (κ2) is 9.41. The summed E-state index contributed by atoms with van der Waals surface area (Å²) < 4.78 is 2.21. The van der Waals surface area contributed by atoms with Gasteiger partial charge in [-0.05, 0) is 72.2 Å². The van der Waals surface area contributed by atoms with Crippen LogP contribution in [0.5, 0.6) is 0 Å². The van der Waals surface area contributed by atoms with Crippen molar-refractivity contribution < 1.29 is 4.79 Å². The predicted molar refractivity (Wildman–Crippen MR) is 139 cm³/mol. The fourth-order valence-electron chi connectivity index (χ4n) is 4.37. The van der Waals surface area contributed by atoms with E-state index in [0.29, 0.717) is 6.54 Å². The molecule has 0 fully saturated rings. The van der Waals surface area contributed by atoms with Gasteiger partial charge in [-0.2, -0.15) is 0 Å². The number of carbonyl (C=O) groups is 1. The Labute approximate surface area is 203 Å². The average molecular weight is 472 g/mol. The molecule has 6 heteroatoms. The van der Waals surface area contributed by atoms with Crippen molar-refractivity contribution in [1.29, 1.82) is 0 Å². The maximum Gasteiger partial charge on any atom is 0.322 e. The lowest BCUT2D eigenvalue weighted by Crippen LogP contribution is -2.37. The molecule has 2 amide bonds. The molecule has 4 aromatic rings. The summed E-state index contributed by atoms with van der Waals surface area (Å²) in [6.07, 6.45) is 6.20. The van der Waals surface area contributed by atoms with Gasteiger partial charge in [-0.3, -0.25) is 0 Å². The third-order valence-corrected chi connectivity index (χ3v) is 7.45. The molecule has 3 aromatic carbocycles. The van der Waals surface area contributed by atoms with Crippen LogP contribution in [0.3, 0.4) is 0 Å². The molecule has 0 saturated carbocycles. The monoisotopic (exact) mass is 471 g/mol. The minimum Gasteiger partial charge on any atom is -0.318 e. The van der Waals surface area contributed by atoms with Crippen LogP contribution < -0.4 is 5.32 Å². The molecule has 0 saturated heterocycles. The van der Waals surface area contributed by atoms with E-state index in [1.54, 1.807) is 23.5 Å². The Morgan fingerprint density at radius 3 is 2.45 bits per heavy atom. The highest BCUT2D eigenvalue weighted by atomic mass is 32.2. The van der Waals surface area contributed by atoms with Crippen LogP contribution in [0.1, 0.15) is 22.9 Å². The Hall–Kier alpha value is -3.09. The number of amides is 2. The van der Waals surface area contributed by atoms with E-state index >= 15 is 0 Å². The standard InChI is InChI=1S/C27H25N3OS2/c1-32-22-14-12-19(13-15-22)26-25-11-6-16-29(25)24-10-4-3-7-20(24)18-30(26)27(31)28-21-8-5-9-23(17-21)33-2/h3-17,26H,18H2,1-2H3,(H,28,31)/t26-/m0/s1. The molecule has 33 heavy (non-hydrogen) atoms. The average Bonchev–Trinajstić information content (AvgIpc) is 3.28. The van der Waals surface area contributed by atoms with Gasteiger partial charge in [0.25, 0.3) is 0 Å². The number of anilines is 1. The predicted octanol–water partition coefficient (Wildman–Crippen LogP) is 7.06. The van der Waals surface area contributed by atoms with Crippen LogP contribution in [-0.2, 0) is 6.54 Å². The molecule has 166 valence electrons. The van der Waals surface area contributed by atoms with Crippen molar-refractivity contribution in [2.24, 2.45) is 0 Å². The lowest BCUT2D eigenvalue weighted by Gasteiger charge is -2.31. The van der Waals surface area contributed by atoms with E-state index in [1.165, 1.54) is 4.90 Å². The van der Waals surface area contributed by atoms with E-state index in [9.17, 15) is 4.79 Å². The summed E-state index contributed by atoms with van der Waals surface area (Å²) in [6, 6.07) is 28.7. The Kier molecular flexibility index (Phi) is 6.20. The smallest absolute Gasteiger partial charge is 0.318 e. The molecule has 0 radical (unpaired) electrons. The highest BCUT2D eigenvalue weighted by Gasteiger charge is 2.33. The zero-order valence-corrected chi connectivity index (χ0v) is 20.2. The number of urea groups is 1. The minimum atomic E-state index is -0.216. The number of hydrogen-bond donors (Lipinski definition) is 1. The van der Waals surface area contributed by atoms with E-state index in [1.807, 2.05) is 41.5 Å². The summed E-state index contributed by atoms with van der Waals surface area (Å²) >= 11 is 3.38. The van der Waals surface area contributed by atoms with Crippen LogP contribution in [0.2, 0.25) is 0 Å². The largest absolute Gasteiger partial charge is 0.322 e. The van der Waals surface area contributed by atoms with E-state index in [-0.39, 0.29) is 12.1 Å². The quantitative estimate of drug-likeness (QED) is 0.324. The van der Waals surface area contributed by atoms with Crippen LogP contribution in [0.25, 0.3) is 5.69 Å². The molecule has 0 unspecified atom stereocenters. The lowest BCUT2D eigenvalue weighted by atomic mass is 10.0. The van der Waals surface area contributed by atoms with Gasteiger partial charge in [-0.25, -0.2) is 4.79 Å². The Balaban J connectivity index is 1.60. The third kappa shape index (κ3) is 4.28. The van der Waals surface area contributed by atoms with Crippen molar-refractivity contribution in [2.45, 2.75) is 22.4 Å². The number of thioether (sulfide) groups is 2. The van der Waals surface area contributed by atoms with Crippen molar-refractivity contribution in [3.63, 3.8) is 0 Å². The molecule has 1 aliphatic rings. The Bertz CT molecular complexity index is 1280. The minimum absolute atomic E-state index is 0.114. The number of nitrogens with one attached hydrogen (secondary N) is 1. The molecule has 5 rings (SSSR count). The van der Waals surface area contributed by atoms with Gasteiger partial charge in [0, 0.05) is 27.4 Å². The maximum absolute atomic E-state index is 13.8. The number of hydrogen-bond acceptors (Lipinski definition) is 3. The van der Waals surface area contributed by atoms with Gasteiger partial charge in [0.2, 0.25) is 0 Å². The highest BCUT2D eigenvalue weighted by molar-refractivity contribution is 7.98. The highest BCUT2D eigenvalue weighted by Crippen LogP contribution is 2.37. The van der Waals surface area contributed by atoms with Gasteiger partial charge in [-0.1, -0.05) is 36.4 Å². The molecule has 0 spiro atoms. The third-order valence-electron chi connectivity index (χ3n) is 5.98. The summed E-state index contributed by atoms with van der Waals surface area (Å²) in [4.78, 5) is 18.0. The second-order valence-electron chi connectivity index (χ2n) is 7.90. The van der Waals surface area contributed by atoms with Crippen LogP contribution >= 0.6 is 23.5 Å². The molecule has 4 nitrogen and oxygen atoms in total. The maximum atomic E-state index is 13.8. The van der Waals surface area contributed by atoms with Crippen molar-refractivity contribution >= 4 is 35.2 Å². The van der Waals surface area contributed by atoms with Gasteiger partial charge < -0.3 is 14.8 Å². The fourth-order valence-corrected chi connectivity index (χ4v) is 5.24. The van der Waals surface area contributed by atoms with Crippen LogP contribution in [0, 0.1) is 0 Å². The van der Waals surface area contributed by atoms with Crippen LogP contribution in [0.4, 0.5) is 10.5 Å². The molecule has 1 aliphatic heterocycles. The SMILES string of the molecule is CSc1ccc([C@H]2c3cccn3-c3ccccc3CN2C(=O)Nc2cccc(SC)c2)cc1. The molecule has 1 N–H and O–H groups in total. The van der Waals surface area contributed by atoms with E-state index in [2.05, 4.69) is 76.9 Å². The number of fused-ring (bicyclic) bond motifs is 3. The van der Waals surface area contributed by atoms with Crippen molar-refractivity contribution in [3.05, 3.63) is 108 Å². The lowest BCUT2D eigenvalue weighted by molar-refractivity contribution is 0.194. The van der Waals surface area contributed by atoms with E-state index < -0.39 is 0 Å². The number of nitrogens with zero attached hydrogens (tertiary/aromatic N) is 2. The normalized spacial score (nSPS) is 14.8. The first-order valence-corrected chi connectivity index (χ1v) is 13.2. The van der Waals surface area contributed by atoms with Gasteiger partial charge in [0.1, 0.15) is 0 Å². The summed E-state index contributed by atoms with van der Waals surface area (Å²) in [6.45, 7) is 0.515. The first kappa shape index (κ1) is 21.7. The van der Waals surface area contributed by atoms with Crippen molar-refractivity contribution in [1.82, 2.24) is 9.47 Å². The summed E-state index contributed by atoms with van der Waals surface area (Å²) in [7, 11) is 0. The van der Waals surface area contributed by atoms with Crippen molar-refractivity contribution in [2.75, 3.05) is 17.8 Å². The number of rotatable bonds is 4. The van der Waals surface area contributed by atoms with Crippen LogP contribution in [-0.4, -0.2) is 28.0 Å². The topological polar surface area (TPSA) is 37.3 Å². The Morgan fingerprint density at radius 1 is 0.879 bits per heavy atom. The van der Waals surface area contributed by atoms with E-state index in [4.69, 9.17) is 0 Å². The molecule has 0 aliphatic carbocycles. The zero-order valence-electron chi connectivity index (χ0n) is 18.6.